The van der Waals surface area contributed by atoms with Crippen LogP contribution in [0.3, 0.4) is 0 Å². The minimum absolute atomic E-state index is 0.134. The summed E-state index contributed by atoms with van der Waals surface area (Å²) in [5.74, 6) is 7.27. The van der Waals surface area contributed by atoms with Crippen LogP contribution in [0.2, 0.25) is 0 Å². The van der Waals surface area contributed by atoms with Gasteiger partial charge in [-0.05, 0) is 86.1 Å². The van der Waals surface area contributed by atoms with Crippen molar-refractivity contribution in [3.63, 3.8) is 0 Å². The molecular weight excluding hydrogens is 388 g/mol. The number of hydrogen-bond acceptors (Lipinski definition) is 5. The lowest BCUT2D eigenvalue weighted by atomic mass is 9.91. The van der Waals surface area contributed by atoms with Crippen LogP contribution in [0, 0.1) is 11.8 Å². The van der Waals surface area contributed by atoms with Crippen molar-refractivity contribution in [2.24, 2.45) is 4.99 Å². The summed E-state index contributed by atoms with van der Waals surface area (Å²) in [6, 6.07) is 0. The number of aliphatic imine (C=N–C) groups is 1. The van der Waals surface area contributed by atoms with Gasteiger partial charge in [0.15, 0.2) is 0 Å². The van der Waals surface area contributed by atoms with Crippen molar-refractivity contribution in [3.8, 4) is 11.8 Å². The van der Waals surface area contributed by atoms with Gasteiger partial charge in [0, 0.05) is 13.1 Å². The summed E-state index contributed by atoms with van der Waals surface area (Å²) in [7, 11) is 0. The van der Waals surface area contributed by atoms with Gasteiger partial charge in [-0.15, -0.1) is 0 Å². The molecule has 0 aromatic heterocycles. The minimum atomic E-state index is -0.496. The summed E-state index contributed by atoms with van der Waals surface area (Å²) in [6.07, 6.45) is 9.31. The maximum atomic E-state index is 6.30. The van der Waals surface area contributed by atoms with Crippen LogP contribution in [0.1, 0.15) is 74.1 Å². The van der Waals surface area contributed by atoms with Crippen molar-refractivity contribution in [1.82, 2.24) is 4.90 Å². The van der Waals surface area contributed by atoms with Crippen LogP contribution in [0.15, 0.2) is 29.5 Å². The number of likely N-dealkylation sites (tertiary alicyclic amines) is 1. The number of nitrogens with zero attached hydrogens (tertiary/aromatic N) is 2. The summed E-state index contributed by atoms with van der Waals surface area (Å²) in [5.41, 5.74) is 0.279. The molecule has 2 fully saturated rings. The van der Waals surface area contributed by atoms with Crippen molar-refractivity contribution >= 4 is 5.71 Å². The van der Waals surface area contributed by atoms with E-state index in [1.54, 1.807) is 6.08 Å². The van der Waals surface area contributed by atoms with Crippen molar-refractivity contribution < 1.29 is 14.2 Å². The molecular formula is C26H42N2O3. The fourth-order valence-electron chi connectivity index (χ4n) is 4.00. The monoisotopic (exact) mass is 430 g/mol. The molecule has 0 bridgehead atoms. The van der Waals surface area contributed by atoms with Crippen molar-refractivity contribution in [2.75, 3.05) is 13.1 Å². The molecule has 1 aliphatic heterocycles. The highest BCUT2D eigenvalue weighted by atomic mass is 16.5. The van der Waals surface area contributed by atoms with E-state index in [2.05, 4.69) is 37.2 Å². The molecule has 174 valence electrons. The first-order valence-electron chi connectivity index (χ1n) is 11.7. The second-order valence-electron chi connectivity index (χ2n) is 9.61. The Morgan fingerprint density at radius 3 is 2.26 bits per heavy atom. The third kappa shape index (κ3) is 9.19. The molecule has 0 spiro atoms. The molecule has 1 saturated carbocycles. The van der Waals surface area contributed by atoms with Crippen LogP contribution < -0.4 is 0 Å². The van der Waals surface area contributed by atoms with Crippen LogP contribution >= 0.6 is 0 Å². The largest absolute Gasteiger partial charge is 0.375 e. The molecule has 1 aliphatic carbocycles. The molecule has 0 aromatic carbocycles. The Labute approximate surface area is 189 Å². The molecule has 5 nitrogen and oxygen atoms in total. The SMILES string of the molecule is C=C/C=C(\N=C(/C)C#CC(C)(C)OC(C)C)N1CCC(OC2CC(OC(C)C)C2)CC1. The Morgan fingerprint density at radius 1 is 1.06 bits per heavy atom. The van der Waals surface area contributed by atoms with Crippen LogP contribution in [0.4, 0.5) is 0 Å². The molecule has 0 amide bonds. The molecule has 31 heavy (non-hydrogen) atoms. The molecule has 1 saturated heterocycles. The molecule has 0 unspecified atom stereocenters. The molecule has 0 radical (unpaired) electrons. The van der Waals surface area contributed by atoms with Crippen LogP contribution in [0.5, 0.6) is 0 Å². The van der Waals surface area contributed by atoms with Gasteiger partial charge < -0.3 is 19.1 Å². The summed E-state index contributed by atoms with van der Waals surface area (Å²) in [6.45, 7) is 19.8. The summed E-state index contributed by atoms with van der Waals surface area (Å²) < 4.78 is 18.0. The second kappa shape index (κ2) is 11.9. The normalized spacial score (nSPS) is 23.6. The molecule has 0 N–H and O–H groups in total. The van der Waals surface area contributed by atoms with Gasteiger partial charge in [0.05, 0.1) is 36.2 Å². The van der Waals surface area contributed by atoms with E-state index in [9.17, 15) is 0 Å². The third-order valence-corrected chi connectivity index (χ3v) is 5.29. The van der Waals surface area contributed by atoms with Crippen molar-refractivity contribution in [2.45, 2.75) is 110 Å². The minimum Gasteiger partial charge on any atom is -0.375 e. The first-order chi connectivity index (χ1) is 14.6. The number of hydrogen-bond donors (Lipinski definition) is 0. The first-order valence-corrected chi connectivity index (χ1v) is 11.7. The summed E-state index contributed by atoms with van der Waals surface area (Å²) >= 11 is 0. The lowest BCUT2D eigenvalue weighted by molar-refractivity contribution is -0.145. The van der Waals surface area contributed by atoms with E-state index in [0.717, 1.165) is 50.3 Å². The van der Waals surface area contributed by atoms with Crippen LogP contribution in [0.25, 0.3) is 0 Å². The van der Waals surface area contributed by atoms with Crippen molar-refractivity contribution in [3.05, 3.63) is 24.6 Å². The predicted molar refractivity (Wildman–Crippen MR) is 128 cm³/mol. The average Bonchev–Trinajstić information content (AvgIpc) is 2.64. The summed E-state index contributed by atoms with van der Waals surface area (Å²) in [4.78, 5) is 7.07. The molecule has 2 rings (SSSR count). The number of rotatable bonds is 9. The standard InChI is InChI=1S/C26H42N2O3/c1-9-10-25(27-21(6)11-14-26(7,8)31-20(4)5)28-15-12-22(13-16-28)30-24-17-23(18-24)29-19(2)3/h9-10,19-20,22-24H,1,12-13,15-18H2,2-8H3/b25-10+,27-21+. The Morgan fingerprint density at radius 2 is 1.71 bits per heavy atom. The molecule has 2 aliphatic rings. The summed E-state index contributed by atoms with van der Waals surface area (Å²) in [5, 5.41) is 0. The lowest BCUT2D eigenvalue weighted by Gasteiger charge is -2.40. The topological polar surface area (TPSA) is 43.3 Å². The molecule has 1 heterocycles. The lowest BCUT2D eigenvalue weighted by Crippen LogP contribution is -2.44. The van der Waals surface area contributed by atoms with Gasteiger partial charge in [0.1, 0.15) is 11.4 Å². The van der Waals surface area contributed by atoms with E-state index in [4.69, 9.17) is 19.2 Å². The van der Waals surface area contributed by atoms with Gasteiger partial charge in [-0.2, -0.15) is 0 Å². The van der Waals surface area contributed by atoms with E-state index in [1.165, 1.54) is 0 Å². The Bertz CT molecular complexity index is 698. The molecule has 0 atom stereocenters. The highest BCUT2D eigenvalue weighted by Gasteiger charge is 2.34. The molecule has 5 heteroatoms. The van der Waals surface area contributed by atoms with Crippen molar-refractivity contribution in [1.29, 1.82) is 0 Å². The van der Waals surface area contributed by atoms with E-state index in [1.807, 2.05) is 40.7 Å². The highest BCUT2D eigenvalue weighted by Crippen LogP contribution is 2.30. The van der Waals surface area contributed by atoms with Gasteiger partial charge >= 0.3 is 0 Å². The Balaban J connectivity index is 1.86. The number of allylic oxidation sites excluding steroid dienone is 2. The van der Waals surface area contributed by atoms with Gasteiger partial charge in [-0.25, -0.2) is 4.99 Å². The second-order valence-corrected chi connectivity index (χ2v) is 9.61. The van der Waals surface area contributed by atoms with Crippen LogP contribution in [-0.2, 0) is 14.2 Å². The zero-order chi connectivity index (χ0) is 23.0. The Hall–Kier alpha value is -1.61. The van der Waals surface area contributed by atoms with E-state index in [0.29, 0.717) is 24.4 Å². The van der Waals surface area contributed by atoms with Gasteiger partial charge in [-0.3, -0.25) is 0 Å². The third-order valence-electron chi connectivity index (χ3n) is 5.29. The highest BCUT2D eigenvalue weighted by molar-refractivity contribution is 5.99. The van der Waals surface area contributed by atoms with Gasteiger partial charge in [-0.1, -0.05) is 18.6 Å². The van der Waals surface area contributed by atoms with E-state index < -0.39 is 5.60 Å². The fourth-order valence-corrected chi connectivity index (χ4v) is 4.00. The predicted octanol–water partition coefficient (Wildman–Crippen LogP) is 5.12. The molecule has 0 aromatic rings. The quantitative estimate of drug-likeness (QED) is 0.289. The van der Waals surface area contributed by atoms with Crippen LogP contribution in [-0.4, -0.2) is 59.8 Å². The maximum Gasteiger partial charge on any atom is 0.129 e. The average molecular weight is 431 g/mol. The fraction of sp³-hybridized carbons (Fsp3) is 0.731. The smallest absolute Gasteiger partial charge is 0.129 e. The van der Waals surface area contributed by atoms with E-state index >= 15 is 0 Å². The number of ether oxygens (including phenoxy) is 3. The van der Waals surface area contributed by atoms with Gasteiger partial charge in [0.2, 0.25) is 0 Å². The van der Waals surface area contributed by atoms with Gasteiger partial charge in [0.25, 0.3) is 0 Å². The first kappa shape index (κ1) is 25.6. The number of piperidine rings is 1. The Kier molecular flexibility index (Phi) is 9.81. The zero-order valence-electron chi connectivity index (χ0n) is 20.6. The maximum absolute atomic E-state index is 6.30. The zero-order valence-corrected chi connectivity index (χ0v) is 20.6. The van der Waals surface area contributed by atoms with E-state index in [-0.39, 0.29) is 6.10 Å².